The highest BCUT2D eigenvalue weighted by atomic mass is 19.4. The van der Waals surface area contributed by atoms with Crippen LogP contribution in [0, 0.1) is 6.92 Å². The van der Waals surface area contributed by atoms with Gasteiger partial charge in [0.05, 0.1) is 41.2 Å². The van der Waals surface area contributed by atoms with Gasteiger partial charge in [-0.2, -0.15) is 13.2 Å². The number of pyridine rings is 2. The molecular formula is C52H65F3N8O17. The number of rotatable bonds is 26. The summed E-state index contributed by atoms with van der Waals surface area (Å²) in [7, 11) is 1.22. The molecule has 7 amide bonds. The first-order chi connectivity index (χ1) is 37.6. The molecule has 0 aliphatic carbocycles. The zero-order chi connectivity index (χ0) is 59.1. The van der Waals surface area contributed by atoms with Crippen LogP contribution in [0.1, 0.15) is 92.7 Å². The molecule has 6 rings (SSSR count). The standard InChI is InChI=1S/C52H65F3N8O17/c1-6-51(78)33-19-36-43-30(20-63(36)49(76)31(33)23-80-50(51)77)28(29-17-25(2)32(52(53,54)55)18-35(29)60-43)9-7-8-16-79-24-56-46(73)26(3)57-47(74)27(4)58-48(75)34(59-39(67)14-15-62-41(69)12-13-42(62)70)10-11-40(68)61(5)21-37(65)44(71)45(72)38(66)22-64/h12-13,17-19,26-27,34,37-38,44-45,64-66,71-72,78H,6-11,14-16,20-24H2,1-5H3,(H,56,73)(H,57,74)(H,58,75)(H,59,67)/t26-,27-,34-,37-,38+,44+,45+,51-/m0/s1. The number of hydrogen-bond donors (Lipinski definition) is 10. The van der Waals surface area contributed by atoms with Gasteiger partial charge in [0, 0.05) is 68.3 Å². The van der Waals surface area contributed by atoms with Crippen LogP contribution in [0.2, 0.25) is 0 Å². The number of hydrogen-bond acceptors (Lipinski definition) is 18. The minimum absolute atomic E-state index is 0.0136. The van der Waals surface area contributed by atoms with Crippen LogP contribution in [0.15, 0.2) is 35.1 Å². The van der Waals surface area contributed by atoms with Gasteiger partial charge in [0.15, 0.2) is 5.60 Å². The van der Waals surface area contributed by atoms with Crippen LogP contribution in [0.25, 0.3) is 22.3 Å². The molecule has 0 fully saturated rings. The number of nitrogens with one attached hydrogen (secondary N) is 4. The van der Waals surface area contributed by atoms with Crippen LogP contribution >= 0.6 is 0 Å². The smallest absolute Gasteiger partial charge is 0.416 e. The number of carbonyl (C=O) groups is 8. The first kappa shape index (κ1) is 62.0. The second-order valence-corrected chi connectivity index (χ2v) is 19.9. The summed E-state index contributed by atoms with van der Waals surface area (Å²) in [4.78, 5) is 123. The maximum Gasteiger partial charge on any atom is 0.416 e. The first-order valence-corrected chi connectivity index (χ1v) is 25.7. The molecule has 1 aromatic carbocycles. The number of esters is 1. The minimum Gasteiger partial charge on any atom is -0.458 e. The molecule has 3 aromatic rings. The molecule has 8 atom stereocenters. The van der Waals surface area contributed by atoms with Crippen molar-refractivity contribution in [3.05, 3.63) is 74.1 Å². The molecule has 25 nitrogen and oxygen atoms in total. The Morgan fingerprint density at radius 2 is 1.54 bits per heavy atom. The lowest BCUT2D eigenvalue weighted by molar-refractivity contribution is -0.172. The van der Waals surface area contributed by atoms with Crippen LogP contribution in [0.4, 0.5) is 13.2 Å². The van der Waals surface area contributed by atoms with Crippen molar-refractivity contribution in [2.75, 3.05) is 40.1 Å². The number of carbonyl (C=O) groups excluding carboxylic acids is 8. The molecular weight excluding hydrogens is 1070 g/mol. The fourth-order valence-corrected chi connectivity index (χ4v) is 9.46. The second kappa shape index (κ2) is 25.9. The van der Waals surface area contributed by atoms with E-state index in [0.29, 0.717) is 35.8 Å². The maximum absolute atomic E-state index is 14.1. The third-order valence-corrected chi connectivity index (χ3v) is 14.2. The number of ether oxygens (including phenoxy) is 2. The van der Waals surface area contributed by atoms with E-state index in [1.54, 1.807) is 6.92 Å². The highest BCUT2D eigenvalue weighted by molar-refractivity contribution is 6.13. The topological polar surface area (TPSA) is 366 Å². The summed E-state index contributed by atoms with van der Waals surface area (Å²) in [6, 6.07) is -0.188. The zero-order valence-corrected chi connectivity index (χ0v) is 44.4. The number of likely N-dealkylation sites (N-methyl/N-ethyl adjacent to an activating group) is 1. The number of imide groups is 1. The number of aryl methyl sites for hydroxylation is 2. The van der Waals surface area contributed by atoms with E-state index in [1.807, 2.05) is 0 Å². The summed E-state index contributed by atoms with van der Waals surface area (Å²) in [5.41, 5.74) is -1.74. The predicted molar refractivity (Wildman–Crippen MR) is 272 cm³/mol. The van der Waals surface area contributed by atoms with Crippen molar-refractivity contribution in [2.45, 2.75) is 140 Å². The average Bonchev–Trinajstić information content (AvgIpc) is 4.10. The van der Waals surface area contributed by atoms with Gasteiger partial charge in [-0.05, 0) is 82.2 Å². The van der Waals surface area contributed by atoms with Crippen molar-refractivity contribution >= 4 is 58.2 Å². The molecule has 0 spiro atoms. The Morgan fingerprint density at radius 1 is 0.887 bits per heavy atom. The zero-order valence-electron chi connectivity index (χ0n) is 44.4. The Hall–Kier alpha value is -7.21. The highest BCUT2D eigenvalue weighted by Gasteiger charge is 2.46. The number of nitrogens with zero attached hydrogens (tertiary/aromatic N) is 4. The molecule has 3 aliphatic heterocycles. The van der Waals surface area contributed by atoms with E-state index in [9.17, 15) is 81.9 Å². The second-order valence-electron chi connectivity index (χ2n) is 19.9. The van der Waals surface area contributed by atoms with Crippen molar-refractivity contribution in [3.8, 4) is 11.4 Å². The lowest BCUT2D eigenvalue weighted by Gasteiger charge is -2.31. The van der Waals surface area contributed by atoms with Gasteiger partial charge in [-0.1, -0.05) is 6.92 Å². The number of fused-ring (bicyclic) bond motifs is 5. The number of aliphatic hydroxyl groups is 6. The van der Waals surface area contributed by atoms with Crippen molar-refractivity contribution in [3.63, 3.8) is 0 Å². The normalized spacial score (nSPS) is 18.3. The lowest BCUT2D eigenvalue weighted by Crippen LogP contribution is -2.55. The van der Waals surface area contributed by atoms with Crippen molar-refractivity contribution < 1.29 is 91.6 Å². The number of unbranched alkanes of at least 4 members (excludes halogenated alkanes) is 1. The molecule has 5 heterocycles. The molecule has 0 bridgehead atoms. The lowest BCUT2D eigenvalue weighted by atomic mass is 9.86. The minimum atomic E-state index is -4.69. The van der Waals surface area contributed by atoms with Gasteiger partial charge >= 0.3 is 12.1 Å². The van der Waals surface area contributed by atoms with Crippen LogP contribution < -0.4 is 26.8 Å². The summed E-state index contributed by atoms with van der Waals surface area (Å²) in [5.74, 6) is -6.29. The Morgan fingerprint density at radius 3 is 2.19 bits per heavy atom. The number of cyclic esters (lactones) is 1. The number of aromatic nitrogens is 2. The van der Waals surface area contributed by atoms with Gasteiger partial charge < -0.3 is 70.8 Å². The van der Waals surface area contributed by atoms with Crippen LogP contribution in [0.5, 0.6) is 0 Å². The summed E-state index contributed by atoms with van der Waals surface area (Å²) < 4.78 is 54.6. The van der Waals surface area contributed by atoms with Gasteiger partial charge in [-0.15, -0.1) is 0 Å². The van der Waals surface area contributed by atoms with E-state index >= 15 is 0 Å². The Balaban J connectivity index is 1.02. The molecule has 2 aromatic heterocycles. The molecule has 436 valence electrons. The highest BCUT2D eigenvalue weighted by Crippen LogP contribution is 2.42. The molecule has 0 saturated carbocycles. The van der Waals surface area contributed by atoms with Crippen LogP contribution in [-0.4, -0.2) is 180 Å². The van der Waals surface area contributed by atoms with Crippen LogP contribution in [0.3, 0.4) is 0 Å². The largest absolute Gasteiger partial charge is 0.458 e. The number of benzene rings is 1. The molecule has 10 N–H and O–H groups in total. The summed E-state index contributed by atoms with van der Waals surface area (Å²) in [6.07, 6.45) is -10.5. The molecule has 80 heavy (non-hydrogen) atoms. The number of halogens is 3. The maximum atomic E-state index is 14.1. The van der Waals surface area contributed by atoms with E-state index in [2.05, 4.69) is 26.3 Å². The van der Waals surface area contributed by atoms with Crippen molar-refractivity contribution in [1.29, 1.82) is 0 Å². The van der Waals surface area contributed by atoms with Gasteiger partial charge in [0.2, 0.25) is 29.5 Å². The molecule has 3 aliphatic rings. The van der Waals surface area contributed by atoms with Gasteiger partial charge in [0.25, 0.3) is 17.4 Å². The molecule has 28 heteroatoms. The monoisotopic (exact) mass is 1130 g/mol. The van der Waals surface area contributed by atoms with Gasteiger partial charge in [0.1, 0.15) is 55.9 Å². The number of aliphatic hydroxyl groups excluding tert-OH is 5. The molecule has 0 radical (unpaired) electrons. The average molecular weight is 1130 g/mol. The SMILES string of the molecule is CC[C@@]1(O)C(=O)OCc2c1cc1n(c2=O)Cc2c-1nc1cc(C(F)(F)F)c(C)cc1c2CCCCOCNC(=O)[C@H](C)NC(=O)[C@H](C)NC(=O)[C@H](CCC(=O)N(C)C[C@H](O)[C@@H](O)[C@H](O)[C@H](O)CO)NC(=O)CCN1C(=O)C=CC1=O. The molecule has 0 saturated heterocycles. The van der Waals surface area contributed by atoms with E-state index in [-0.39, 0.29) is 73.0 Å². The summed E-state index contributed by atoms with van der Waals surface area (Å²) >= 11 is 0. The van der Waals surface area contributed by atoms with E-state index < -0.39 is 145 Å². The van der Waals surface area contributed by atoms with E-state index in [4.69, 9.17) is 14.6 Å². The van der Waals surface area contributed by atoms with Gasteiger partial charge in [-0.3, -0.25) is 43.3 Å². The number of alkyl halides is 3. The Kier molecular flexibility index (Phi) is 20.1. The fraction of sp³-hybridized carbons (Fsp3) is 0.538. The molecule has 0 unspecified atom stereocenters. The predicted octanol–water partition coefficient (Wildman–Crippen LogP) is -1.70. The van der Waals surface area contributed by atoms with Gasteiger partial charge in [-0.25, -0.2) is 9.78 Å². The Labute approximate surface area is 455 Å². The van der Waals surface area contributed by atoms with Crippen molar-refractivity contribution in [1.82, 2.24) is 40.6 Å². The third-order valence-electron chi connectivity index (χ3n) is 14.2. The first-order valence-electron chi connectivity index (χ1n) is 25.7. The third kappa shape index (κ3) is 13.8. The van der Waals surface area contributed by atoms with E-state index in [1.165, 1.54) is 44.5 Å². The summed E-state index contributed by atoms with van der Waals surface area (Å²) in [5, 5.41) is 70.6. The summed E-state index contributed by atoms with van der Waals surface area (Å²) in [6.45, 7) is 3.08. The quantitative estimate of drug-likeness (QED) is 0.0145. The van der Waals surface area contributed by atoms with E-state index in [0.717, 1.165) is 28.0 Å². The number of amides is 7. The fourth-order valence-electron chi connectivity index (χ4n) is 9.46. The van der Waals surface area contributed by atoms with Crippen LogP contribution in [-0.2, 0) is 79.2 Å². The Bertz CT molecular complexity index is 2990. The van der Waals surface area contributed by atoms with Crippen molar-refractivity contribution in [2.24, 2.45) is 0 Å².